The second-order valence-corrected chi connectivity index (χ2v) is 3.82. The molecular formula is C13H12N4O2. The number of hydrogen-bond donors (Lipinski definition) is 2. The van der Waals surface area contributed by atoms with Crippen molar-refractivity contribution in [2.75, 3.05) is 6.54 Å². The molecule has 96 valence electrons. The predicted molar refractivity (Wildman–Crippen MR) is 69.6 cm³/mol. The molecule has 0 spiro atoms. The first-order valence-corrected chi connectivity index (χ1v) is 5.61. The van der Waals surface area contributed by atoms with Crippen molar-refractivity contribution in [1.29, 1.82) is 0 Å². The minimum Gasteiger partial charge on any atom is -0.341 e. The molecule has 6 nitrogen and oxygen atoms in total. The number of nitrogens with zero attached hydrogens (tertiary/aromatic N) is 2. The van der Waals surface area contributed by atoms with Gasteiger partial charge in [0.1, 0.15) is 5.56 Å². The fraction of sp³-hybridized carbons (Fsp3) is 0.154. The van der Waals surface area contributed by atoms with E-state index in [1.54, 1.807) is 24.5 Å². The Morgan fingerprint density at radius 3 is 3.05 bits per heavy atom. The lowest BCUT2D eigenvalue weighted by atomic mass is 10.2. The standard InChI is InChI=1S/C13H12N4O2/c1-2-6-14-12(18)11-4-3-8-17(13(11)19)9-10-5-7-15-16-10/h1,3-5,7-8H,6,9H2,(H,14,18)(H,15,16). The van der Waals surface area contributed by atoms with Gasteiger partial charge in [0, 0.05) is 12.4 Å². The molecule has 0 aliphatic carbocycles. The Balaban J connectivity index is 2.26. The largest absolute Gasteiger partial charge is 0.341 e. The fourth-order valence-electron chi connectivity index (χ4n) is 1.62. The van der Waals surface area contributed by atoms with Gasteiger partial charge in [-0.15, -0.1) is 6.42 Å². The van der Waals surface area contributed by atoms with Crippen LogP contribution < -0.4 is 10.9 Å². The van der Waals surface area contributed by atoms with Gasteiger partial charge in [-0.1, -0.05) is 5.92 Å². The average molecular weight is 256 g/mol. The smallest absolute Gasteiger partial charge is 0.263 e. The first-order chi connectivity index (χ1) is 9.22. The number of amides is 1. The molecule has 2 aromatic heterocycles. The number of hydrogen-bond acceptors (Lipinski definition) is 3. The van der Waals surface area contributed by atoms with E-state index in [1.807, 2.05) is 0 Å². The van der Waals surface area contributed by atoms with Gasteiger partial charge in [-0.3, -0.25) is 14.7 Å². The molecule has 0 unspecified atom stereocenters. The minimum absolute atomic E-state index is 0.0669. The molecule has 19 heavy (non-hydrogen) atoms. The van der Waals surface area contributed by atoms with E-state index in [1.165, 1.54) is 10.6 Å². The number of nitrogens with one attached hydrogen (secondary N) is 2. The Kier molecular flexibility index (Phi) is 3.78. The summed E-state index contributed by atoms with van der Waals surface area (Å²) in [4.78, 5) is 23.9. The summed E-state index contributed by atoms with van der Waals surface area (Å²) >= 11 is 0. The van der Waals surface area contributed by atoms with Crippen LogP contribution in [0.4, 0.5) is 0 Å². The third-order valence-corrected chi connectivity index (χ3v) is 2.51. The molecule has 0 saturated heterocycles. The minimum atomic E-state index is -0.470. The molecule has 1 amide bonds. The Morgan fingerprint density at radius 1 is 1.53 bits per heavy atom. The van der Waals surface area contributed by atoms with E-state index in [4.69, 9.17) is 6.42 Å². The van der Waals surface area contributed by atoms with Crippen molar-refractivity contribution in [3.05, 3.63) is 52.2 Å². The van der Waals surface area contributed by atoms with Crippen molar-refractivity contribution in [3.8, 4) is 12.3 Å². The molecule has 0 bridgehead atoms. The van der Waals surface area contributed by atoms with Crippen LogP contribution in [-0.2, 0) is 6.54 Å². The van der Waals surface area contributed by atoms with Gasteiger partial charge >= 0.3 is 0 Å². The van der Waals surface area contributed by atoms with Crippen molar-refractivity contribution in [3.63, 3.8) is 0 Å². The molecule has 0 aliphatic heterocycles. The normalized spacial score (nSPS) is 9.84. The molecule has 0 aromatic carbocycles. The maximum atomic E-state index is 12.1. The van der Waals surface area contributed by atoms with E-state index in [-0.39, 0.29) is 17.7 Å². The molecule has 0 saturated carbocycles. The van der Waals surface area contributed by atoms with E-state index < -0.39 is 5.91 Å². The highest BCUT2D eigenvalue weighted by molar-refractivity contribution is 5.93. The second-order valence-electron chi connectivity index (χ2n) is 3.82. The number of rotatable bonds is 4. The number of terminal acetylenes is 1. The van der Waals surface area contributed by atoms with E-state index >= 15 is 0 Å². The van der Waals surface area contributed by atoms with Crippen LogP contribution in [-0.4, -0.2) is 27.2 Å². The van der Waals surface area contributed by atoms with Crippen LogP contribution in [0.15, 0.2) is 35.4 Å². The van der Waals surface area contributed by atoms with Crippen LogP contribution in [0.25, 0.3) is 0 Å². The quantitative estimate of drug-likeness (QED) is 0.755. The maximum Gasteiger partial charge on any atom is 0.263 e. The SMILES string of the molecule is C#CCNC(=O)c1cccn(Cc2ccn[nH]2)c1=O. The van der Waals surface area contributed by atoms with Crippen LogP contribution in [0.2, 0.25) is 0 Å². The summed E-state index contributed by atoms with van der Waals surface area (Å²) in [5.74, 6) is 1.81. The zero-order valence-corrected chi connectivity index (χ0v) is 10.1. The number of pyridine rings is 1. The van der Waals surface area contributed by atoms with Gasteiger partial charge in [-0.05, 0) is 18.2 Å². The lowest BCUT2D eigenvalue weighted by Crippen LogP contribution is -2.33. The molecule has 2 heterocycles. The van der Waals surface area contributed by atoms with Gasteiger partial charge in [0.15, 0.2) is 0 Å². The Bertz CT molecular complexity index is 665. The third kappa shape index (κ3) is 2.90. The summed E-state index contributed by atoms with van der Waals surface area (Å²) in [6.45, 7) is 0.419. The molecule has 0 aliphatic rings. The van der Waals surface area contributed by atoms with Gasteiger partial charge in [-0.2, -0.15) is 5.10 Å². The summed E-state index contributed by atoms with van der Waals surface area (Å²) in [7, 11) is 0. The number of aromatic nitrogens is 3. The number of carbonyl (C=O) groups is 1. The summed E-state index contributed by atoms with van der Waals surface area (Å²) in [6, 6.07) is 4.87. The van der Waals surface area contributed by atoms with Crippen LogP contribution in [0.1, 0.15) is 16.1 Å². The topological polar surface area (TPSA) is 79.8 Å². The van der Waals surface area contributed by atoms with Crippen molar-refractivity contribution in [2.45, 2.75) is 6.54 Å². The summed E-state index contributed by atoms with van der Waals surface area (Å²) in [6.07, 6.45) is 8.27. The lowest BCUT2D eigenvalue weighted by Gasteiger charge is -2.06. The van der Waals surface area contributed by atoms with Gasteiger partial charge < -0.3 is 9.88 Å². The van der Waals surface area contributed by atoms with Crippen LogP contribution in [0, 0.1) is 12.3 Å². The molecular weight excluding hydrogens is 244 g/mol. The summed E-state index contributed by atoms with van der Waals surface area (Å²) in [5.41, 5.74) is 0.479. The molecule has 0 atom stereocenters. The predicted octanol–water partition coefficient (Wildman–Crippen LogP) is -0.0173. The molecule has 0 radical (unpaired) electrons. The molecule has 2 rings (SSSR count). The Labute approximate surface area is 109 Å². The van der Waals surface area contributed by atoms with Crippen LogP contribution in [0.3, 0.4) is 0 Å². The van der Waals surface area contributed by atoms with Crippen molar-refractivity contribution >= 4 is 5.91 Å². The van der Waals surface area contributed by atoms with Crippen LogP contribution >= 0.6 is 0 Å². The van der Waals surface area contributed by atoms with Gasteiger partial charge in [0.25, 0.3) is 11.5 Å². The van der Waals surface area contributed by atoms with Crippen molar-refractivity contribution in [1.82, 2.24) is 20.1 Å². The van der Waals surface area contributed by atoms with Crippen molar-refractivity contribution in [2.24, 2.45) is 0 Å². The van der Waals surface area contributed by atoms with Crippen molar-refractivity contribution < 1.29 is 4.79 Å². The van der Waals surface area contributed by atoms with E-state index in [0.717, 1.165) is 5.69 Å². The number of carbonyl (C=O) groups excluding carboxylic acids is 1. The number of H-pyrrole nitrogens is 1. The monoisotopic (exact) mass is 256 g/mol. The first kappa shape index (κ1) is 12.6. The third-order valence-electron chi connectivity index (χ3n) is 2.51. The number of aromatic amines is 1. The average Bonchev–Trinajstić information content (AvgIpc) is 2.91. The Morgan fingerprint density at radius 2 is 2.37 bits per heavy atom. The van der Waals surface area contributed by atoms with Gasteiger partial charge in [0.05, 0.1) is 18.8 Å². The van der Waals surface area contributed by atoms with Gasteiger partial charge in [-0.25, -0.2) is 0 Å². The highest BCUT2D eigenvalue weighted by Gasteiger charge is 2.11. The highest BCUT2D eigenvalue weighted by Crippen LogP contribution is 1.97. The fourth-order valence-corrected chi connectivity index (χ4v) is 1.62. The molecule has 6 heteroatoms. The second kappa shape index (κ2) is 5.69. The Hall–Kier alpha value is -2.81. The molecule has 0 fully saturated rings. The van der Waals surface area contributed by atoms with E-state index in [9.17, 15) is 9.59 Å². The lowest BCUT2D eigenvalue weighted by molar-refractivity contribution is 0.0956. The maximum absolute atomic E-state index is 12.1. The molecule has 2 aromatic rings. The van der Waals surface area contributed by atoms with Crippen LogP contribution in [0.5, 0.6) is 0 Å². The zero-order chi connectivity index (χ0) is 13.7. The summed E-state index contributed by atoms with van der Waals surface area (Å²) < 4.78 is 1.43. The highest BCUT2D eigenvalue weighted by atomic mass is 16.2. The summed E-state index contributed by atoms with van der Waals surface area (Å²) in [5, 5.41) is 9.03. The van der Waals surface area contributed by atoms with E-state index in [0.29, 0.717) is 6.54 Å². The first-order valence-electron chi connectivity index (χ1n) is 5.61. The zero-order valence-electron chi connectivity index (χ0n) is 10.1. The van der Waals surface area contributed by atoms with E-state index in [2.05, 4.69) is 21.4 Å². The molecule has 2 N–H and O–H groups in total. The van der Waals surface area contributed by atoms with Gasteiger partial charge in [0.2, 0.25) is 0 Å².